The number of H-pyrrole nitrogens is 1. The second-order valence-electron chi connectivity index (χ2n) is 6.45. The van der Waals surface area contributed by atoms with Crippen molar-refractivity contribution in [2.45, 2.75) is 12.3 Å². The van der Waals surface area contributed by atoms with Crippen LogP contribution in [0, 0.1) is 0 Å². The Morgan fingerprint density at radius 1 is 1.12 bits per heavy atom. The zero-order valence-corrected chi connectivity index (χ0v) is 14.7. The third-order valence-electron chi connectivity index (χ3n) is 4.99. The Balaban J connectivity index is 1.98. The number of aromatic nitrogens is 1. The zero-order valence-electron chi connectivity index (χ0n) is 14.7. The van der Waals surface area contributed by atoms with Gasteiger partial charge in [-0.05, 0) is 47.0 Å². The summed E-state index contributed by atoms with van der Waals surface area (Å²) in [5, 5.41) is 14.0. The maximum Gasteiger partial charge on any atom is 0.120 e. The molecule has 130 valence electrons. The molecule has 4 aromatic rings. The molecule has 4 rings (SSSR count). The van der Waals surface area contributed by atoms with Gasteiger partial charge in [-0.3, -0.25) is 0 Å². The third kappa shape index (κ3) is 2.62. The molecule has 0 aliphatic rings. The van der Waals surface area contributed by atoms with Gasteiger partial charge in [-0.2, -0.15) is 0 Å². The average molecular weight is 343 g/mol. The number of aromatic hydroxyl groups is 1. The summed E-state index contributed by atoms with van der Waals surface area (Å²) in [4.78, 5) is 3.34. The van der Waals surface area contributed by atoms with E-state index in [0.29, 0.717) is 5.75 Å². The first-order chi connectivity index (χ1) is 12.7. The Bertz CT molecular complexity index is 1090. The standard InChI is InChI=1S/C23H21NO2/c1-3-6-18(20-14-24-21-11-10-16(26-2)13-19(20)21)23-17-8-5-4-7-15(17)9-12-22(23)25/h3-5,7-14,18,24-25H,1,6H2,2H3. The van der Waals surface area contributed by atoms with Crippen LogP contribution in [0.25, 0.3) is 21.7 Å². The lowest BCUT2D eigenvalue weighted by Crippen LogP contribution is -2.01. The van der Waals surface area contributed by atoms with E-state index >= 15 is 0 Å². The number of fused-ring (bicyclic) bond motifs is 2. The number of rotatable bonds is 5. The van der Waals surface area contributed by atoms with Crippen molar-refractivity contribution in [3.63, 3.8) is 0 Å². The molecule has 1 heterocycles. The highest BCUT2D eigenvalue weighted by Gasteiger charge is 2.22. The molecule has 3 nitrogen and oxygen atoms in total. The highest BCUT2D eigenvalue weighted by Crippen LogP contribution is 2.42. The van der Waals surface area contributed by atoms with Gasteiger partial charge in [0.1, 0.15) is 11.5 Å². The number of phenolic OH excluding ortho intramolecular Hbond substituents is 1. The first kappa shape index (κ1) is 16.3. The lowest BCUT2D eigenvalue weighted by atomic mass is 9.84. The van der Waals surface area contributed by atoms with Crippen LogP contribution in [0.15, 0.2) is 73.4 Å². The minimum Gasteiger partial charge on any atom is -0.508 e. The normalized spacial score (nSPS) is 12.3. The molecule has 26 heavy (non-hydrogen) atoms. The summed E-state index contributed by atoms with van der Waals surface area (Å²) in [7, 11) is 1.67. The van der Waals surface area contributed by atoms with Crippen LogP contribution in [0.3, 0.4) is 0 Å². The maximum absolute atomic E-state index is 10.7. The van der Waals surface area contributed by atoms with Crippen LogP contribution in [0.2, 0.25) is 0 Å². The number of ether oxygens (including phenoxy) is 1. The van der Waals surface area contributed by atoms with Crippen molar-refractivity contribution in [1.29, 1.82) is 0 Å². The number of hydrogen-bond donors (Lipinski definition) is 2. The Kier molecular flexibility index (Phi) is 4.13. The third-order valence-corrected chi connectivity index (χ3v) is 4.99. The molecular formula is C23H21NO2. The molecule has 3 aromatic carbocycles. The fourth-order valence-corrected chi connectivity index (χ4v) is 3.75. The van der Waals surface area contributed by atoms with Crippen molar-refractivity contribution in [3.8, 4) is 11.5 Å². The molecule has 1 aromatic heterocycles. The van der Waals surface area contributed by atoms with Crippen molar-refractivity contribution < 1.29 is 9.84 Å². The number of nitrogens with one attached hydrogen (secondary N) is 1. The SMILES string of the molecule is C=CCC(c1c(O)ccc2ccccc12)c1c[nH]c2ccc(OC)cc12. The van der Waals surface area contributed by atoms with Crippen molar-refractivity contribution in [3.05, 3.63) is 84.6 Å². The summed E-state index contributed by atoms with van der Waals surface area (Å²) >= 11 is 0. The molecular weight excluding hydrogens is 322 g/mol. The topological polar surface area (TPSA) is 45.2 Å². The summed E-state index contributed by atoms with van der Waals surface area (Å²) in [6.07, 6.45) is 4.66. The molecule has 0 spiro atoms. The minimum absolute atomic E-state index is 0.000504. The molecule has 0 saturated heterocycles. The molecule has 1 unspecified atom stereocenters. The van der Waals surface area contributed by atoms with E-state index in [0.717, 1.165) is 45.0 Å². The largest absolute Gasteiger partial charge is 0.508 e. The molecule has 3 heteroatoms. The van der Waals surface area contributed by atoms with E-state index in [2.05, 4.69) is 23.7 Å². The second-order valence-corrected chi connectivity index (χ2v) is 6.45. The van der Waals surface area contributed by atoms with E-state index < -0.39 is 0 Å². The lowest BCUT2D eigenvalue weighted by molar-refractivity contribution is 0.415. The summed E-state index contributed by atoms with van der Waals surface area (Å²) in [6, 6.07) is 17.9. The number of benzene rings is 3. The smallest absolute Gasteiger partial charge is 0.120 e. The first-order valence-corrected chi connectivity index (χ1v) is 8.69. The van der Waals surface area contributed by atoms with Crippen molar-refractivity contribution in [2.24, 2.45) is 0 Å². The van der Waals surface area contributed by atoms with Gasteiger partial charge in [-0.25, -0.2) is 0 Å². The monoisotopic (exact) mass is 343 g/mol. The number of aromatic amines is 1. The van der Waals surface area contributed by atoms with E-state index in [1.807, 2.05) is 48.7 Å². The van der Waals surface area contributed by atoms with Crippen molar-refractivity contribution >= 4 is 21.7 Å². The van der Waals surface area contributed by atoms with E-state index in [1.165, 1.54) is 0 Å². The van der Waals surface area contributed by atoms with Gasteiger partial charge >= 0.3 is 0 Å². The molecule has 0 fully saturated rings. The van der Waals surface area contributed by atoms with Crippen LogP contribution in [-0.2, 0) is 0 Å². The van der Waals surface area contributed by atoms with Crippen molar-refractivity contribution in [2.75, 3.05) is 7.11 Å². The summed E-state index contributed by atoms with van der Waals surface area (Å²) in [5.74, 6) is 1.13. The summed E-state index contributed by atoms with van der Waals surface area (Å²) < 4.78 is 5.40. The quantitative estimate of drug-likeness (QED) is 0.454. The maximum atomic E-state index is 10.7. The van der Waals surface area contributed by atoms with E-state index in [-0.39, 0.29) is 5.92 Å². The number of phenols is 1. The molecule has 1 atom stereocenters. The molecule has 2 N–H and O–H groups in total. The molecule has 0 aliphatic carbocycles. The summed E-state index contributed by atoms with van der Waals surface area (Å²) in [5.41, 5.74) is 3.12. The number of allylic oxidation sites excluding steroid dienone is 1. The van der Waals surface area contributed by atoms with E-state index in [9.17, 15) is 5.11 Å². The fraction of sp³-hybridized carbons (Fsp3) is 0.130. The molecule has 0 bridgehead atoms. The Morgan fingerprint density at radius 2 is 1.96 bits per heavy atom. The van der Waals surface area contributed by atoms with Gasteiger partial charge < -0.3 is 14.8 Å². The van der Waals surface area contributed by atoms with E-state index in [4.69, 9.17) is 4.74 Å². The predicted molar refractivity (Wildman–Crippen MR) is 107 cm³/mol. The molecule has 0 saturated carbocycles. The Hall–Kier alpha value is -3.20. The van der Waals surface area contributed by atoms with Crippen LogP contribution < -0.4 is 4.74 Å². The highest BCUT2D eigenvalue weighted by atomic mass is 16.5. The van der Waals surface area contributed by atoms with E-state index in [1.54, 1.807) is 13.2 Å². The molecule has 0 aliphatic heterocycles. The van der Waals surface area contributed by atoms with Gasteiger partial charge in [0, 0.05) is 28.6 Å². The first-order valence-electron chi connectivity index (χ1n) is 8.69. The Labute approximate surface area is 152 Å². The van der Waals surface area contributed by atoms with Gasteiger partial charge in [0.15, 0.2) is 0 Å². The highest BCUT2D eigenvalue weighted by molar-refractivity contribution is 5.91. The average Bonchev–Trinajstić information content (AvgIpc) is 3.09. The Morgan fingerprint density at radius 3 is 2.77 bits per heavy atom. The van der Waals surface area contributed by atoms with Gasteiger partial charge in [-0.1, -0.05) is 36.4 Å². The van der Waals surface area contributed by atoms with Crippen LogP contribution >= 0.6 is 0 Å². The molecule has 0 radical (unpaired) electrons. The zero-order chi connectivity index (χ0) is 18.1. The van der Waals surface area contributed by atoms with Gasteiger partial charge in [0.05, 0.1) is 7.11 Å². The minimum atomic E-state index is -0.000504. The predicted octanol–water partition coefficient (Wildman–Crippen LogP) is 5.74. The fourth-order valence-electron chi connectivity index (χ4n) is 3.75. The summed E-state index contributed by atoms with van der Waals surface area (Å²) in [6.45, 7) is 3.94. The lowest BCUT2D eigenvalue weighted by Gasteiger charge is -2.19. The van der Waals surface area contributed by atoms with Crippen molar-refractivity contribution in [1.82, 2.24) is 4.98 Å². The van der Waals surface area contributed by atoms with Gasteiger partial charge in [-0.15, -0.1) is 6.58 Å². The van der Waals surface area contributed by atoms with Gasteiger partial charge in [0.25, 0.3) is 0 Å². The van der Waals surface area contributed by atoms with Crippen LogP contribution in [0.5, 0.6) is 11.5 Å². The second kappa shape index (κ2) is 6.60. The molecule has 0 amide bonds. The number of methoxy groups -OCH3 is 1. The van der Waals surface area contributed by atoms with Crippen LogP contribution in [-0.4, -0.2) is 17.2 Å². The van der Waals surface area contributed by atoms with Gasteiger partial charge in [0.2, 0.25) is 0 Å². The van der Waals surface area contributed by atoms with Crippen LogP contribution in [0.1, 0.15) is 23.5 Å². The van der Waals surface area contributed by atoms with Crippen LogP contribution in [0.4, 0.5) is 0 Å². The number of hydrogen-bond acceptors (Lipinski definition) is 2.